The molecule has 7 nitrogen and oxygen atoms in total. The summed E-state index contributed by atoms with van der Waals surface area (Å²) in [7, 11) is -3.72. The largest absolute Gasteiger partial charge is 0.488 e. The SMILES string of the molecule is Cc1ccc(-c2noc(CNS(=O)(=O)c3ccc4c(c3)CCC(C)(C)O4)n2)cc1. The highest BCUT2D eigenvalue weighted by molar-refractivity contribution is 7.89. The number of benzene rings is 2. The Morgan fingerprint density at radius 1 is 1.14 bits per heavy atom. The van der Waals surface area contributed by atoms with E-state index in [1.165, 1.54) is 0 Å². The van der Waals surface area contributed by atoms with Gasteiger partial charge in [-0.15, -0.1) is 0 Å². The quantitative estimate of drug-likeness (QED) is 0.686. The molecule has 0 unspecified atom stereocenters. The van der Waals surface area contributed by atoms with E-state index in [4.69, 9.17) is 9.26 Å². The lowest BCUT2D eigenvalue weighted by Gasteiger charge is -2.32. The zero-order valence-corrected chi connectivity index (χ0v) is 17.4. The highest BCUT2D eigenvalue weighted by atomic mass is 32.2. The monoisotopic (exact) mass is 413 g/mol. The van der Waals surface area contributed by atoms with Gasteiger partial charge in [0.2, 0.25) is 21.7 Å². The molecule has 0 aliphatic carbocycles. The number of nitrogens with one attached hydrogen (secondary N) is 1. The fraction of sp³-hybridized carbons (Fsp3) is 0.333. The van der Waals surface area contributed by atoms with Gasteiger partial charge in [0.1, 0.15) is 11.4 Å². The Labute approximate surface area is 170 Å². The van der Waals surface area contributed by atoms with Crippen molar-refractivity contribution in [3.05, 3.63) is 59.5 Å². The van der Waals surface area contributed by atoms with Gasteiger partial charge < -0.3 is 9.26 Å². The Kier molecular flexibility index (Phi) is 4.92. The van der Waals surface area contributed by atoms with Crippen LogP contribution in [-0.4, -0.2) is 24.2 Å². The molecular formula is C21H23N3O4S. The molecule has 1 aliphatic heterocycles. The molecule has 0 saturated heterocycles. The zero-order chi connectivity index (χ0) is 20.6. The van der Waals surface area contributed by atoms with Crippen molar-refractivity contribution >= 4 is 10.0 Å². The third-order valence-corrected chi connectivity index (χ3v) is 6.32. The van der Waals surface area contributed by atoms with Gasteiger partial charge >= 0.3 is 0 Å². The summed E-state index contributed by atoms with van der Waals surface area (Å²) in [5.41, 5.74) is 2.60. The number of aryl methyl sites for hydroxylation is 2. The van der Waals surface area contributed by atoms with Crippen LogP contribution in [0, 0.1) is 6.92 Å². The molecule has 0 atom stereocenters. The lowest BCUT2D eigenvalue weighted by Crippen LogP contribution is -2.32. The van der Waals surface area contributed by atoms with E-state index in [1.807, 2.05) is 45.0 Å². The van der Waals surface area contributed by atoms with E-state index in [1.54, 1.807) is 18.2 Å². The van der Waals surface area contributed by atoms with Crippen LogP contribution in [0.3, 0.4) is 0 Å². The summed E-state index contributed by atoms with van der Waals surface area (Å²) in [4.78, 5) is 4.46. The van der Waals surface area contributed by atoms with Crippen LogP contribution in [0.4, 0.5) is 0 Å². The summed E-state index contributed by atoms with van der Waals surface area (Å²) in [6.07, 6.45) is 1.61. The lowest BCUT2D eigenvalue weighted by atomic mass is 9.94. The molecule has 4 rings (SSSR count). The summed E-state index contributed by atoms with van der Waals surface area (Å²) in [6.45, 7) is 5.96. The number of sulfonamides is 1. The van der Waals surface area contributed by atoms with Crippen LogP contribution in [0.25, 0.3) is 11.4 Å². The van der Waals surface area contributed by atoms with Gasteiger partial charge in [0.25, 0.3) is 0 Å². The Hall–Kier alpha value is -2.71. The van der Waals surface area contributed by atoms with Crippen molar-refractivity contribution in [2.75, 3.05) is 0 Å². The predicted octanol–water partition coefficient (Wildman–Crippen LogP) is 3.63. The summed E-state index contributed by atoms with van der Waals surface area (Å²) in [5.74, 6) is 1.36. The number of nitrogens with zero attached hydrogens (tertiary/aromatic N) is 2. The van der Waals surface area contributed by atoms with Gasteiger partial charge in [-0.05, 0) is 57.4 Å². The van der Waals surface area contributed by atoms with Crippen LogP contribution >= 0.6 is 0 Å². The topological polar surface area (TPSA) is 94.3 Å². The Balaban J connectivity index is 1.47. The highest BCUT2D eigenvalue weighted by Gasteiger charge is 2.28. The minimum atomic E-state index is -3.72. The van der Waals surface area contributed by atoms with Crippen LogP contribution in [0.15, 0.2) is 51.9 Å². The van der Waals surface area contributed by atoms with E-state index >= 15 is 0 Å². The number of aromatic nitrogens is 2. The molecule has 1 aromatic heterocycles. The minimum absolute atomic E-state index is 0.0815. The first-order chi connectivity index (χ1) is 13.7. The van der Waals surface area contributed by atoms with Gasteiger partial charge in [0, 0.05) is 5.56 Å². The predicted molar refractivity (Wildman–Crippen MR) is 108 cm³/mol. The molecule has 29 heavy (non-hydrogen) atoms. The molecule has 0 spiro atoms. The first-order valence-corrected chi connectivity index (χ1v) is 10.9. The van der Waals surface area contributed by atoms with Crippen LogP contribution in [0.2, 0.25) is 0 Å². The van der Waals surface area contributed by atoms with Gasteiger partial charge in [0.15, 0.2) is 0 Å². The van der Waals surface area contributed by atoms with Crippen molar-refractivity contribution in [3.63, 3.8) is 0 Å². The summed E-state index contributed by atoms with van der Waals surface area (Å²) in [5, 5.41) is 3.92. The maximum Gasteiger partial charge on any atom is 0.242 e. The average molecular weight is 413 g/mol. The van der Waals surface area contributed by atoms with E-state index in [2.05, 4.69) is 14.9 Å². The molecule has 0 bridgehead atoms. The number of hydrogen-bond donors (Lipinski definition) is 1. The fourth-order valence-corrected chi connectivity index (χ4v) is 4.21. The van der Waals surface area contributed by atoms with Crippen LogP contribution in [0.1, 0.15) is 37.3 Å². The third kappa shape index (κ3) is 4.33. The third-order valence-electron chi connectivity index (χ3n) is 4.92. The summed E-state index contributed by atoms with van der Waals surface area (Å²) < 4.78 is 39.0. The molecule has 1 N–H and O–H groups in total. The molecule has 0 amide bonds. The van der Waals surface area contributed by atoms with Crippen molar-refractivity contribution in [1.29, 1.82) is 0 Å². The number of ether oxygens (including phenoxy) is 1. The van der Waals surface area contributed by atoms with Gasteiger partial charge in [-0.1, -0.05) is 35.0 Å². The van der Waals surface area contributed by atoms with E-state index in [9.17, 15) is 8.42 Å². The van der Waals surface area contributed by atoms with Gasteiger partial charge in [-0.2, -0.15) is 4.98 Å². The molecule has 152 valence electrons. The van der Waals surface area contributed by atoms with E-state index < -0.39 is 10.0 Å². The van der Waals surface area contributed by atoms with Crippen molar-refractivity contribution < 1.29 is 17.7 Å². The molecule has 0 fully saturated rings. The molecule has 0 saturated carbocycles. The molecule has 3 aromatic rings. The molecule has 0 radical (unpaired) electrons. The molecule has 1 aliphatic rings. The van der Waals surface area contributed by atoms with E-state index in [0.717, 1.165) is 35.3 Å². The number of rotatable bonds is 5. The normalized spacial score (nSPS) is 15.6. The second kappa shape index (κ2) is 7.27. The maximum absolute atomic E-state index is 12.7. The average Bonchev–Trinajstić information content (AvgIpc) is 3.15. The zero-order valence-electron chi connectivity index (χ0n) is 16.6. The fourth-order valence-electron chi connectivity index (χ4n) is 3.19. The Morgan fingerprint density at radius 2 is 1.90 bits per heavy atom. The number of fused-ring (bicyclic) bond motifs is 1. The minimum Gasteiger partial charge on any atom is -0.488 e. The first-order valence-electron chi connectivity index (χ1n) is 9.43. The second-order valence-electron chi connectivity index (χ2n) is 7.83. The van der Waals surface area contributed by atoms with E-state index in [0.29, 0.717) is 5.82 Å². The van der Waals surface area contributed by atoms with Crippen LogP contribution < -0.4 is 9.46 Å². The van der Waals surface area contributed by atoms with Crippen molar-refractivity contribution in [2.45, 2.75) is 50.7 Å². The second-order valence-corrected chi connectivity index (χ2v) is 9.60. The van der Waals surface area contributed by atoms with Gasteiger partial charge in [-0.25, -0.2) is 13.1 Å². The van der Waals surface area contributed by atoms with Crippen molar-refractivity contribution in [1.82, 2.24) is 14.9 Å². The van der Waals surface area contributed by atoms with Crippen LogP contribution in [0.5, 0.6) is 5.75 Å². The molecule has 2 aromatic carbocycles. The standard InChI is InChI=1S/C21H23N3O4S/c1-14-4-6-15(7-5-14)20-23-19(28-24-20)13-22-29(25,26)17-8-9-18-16(12-17)10-11-21(2,3)27-18/h4-9,12,22H,10-11,13H2,1-3H3. The molecule has 8 heteroatoms. The highest BCUT2D eigenvalue weighted by Crippen LogP contribution is 2.34. The lowest BCUT2D eigenvalue weighted by molar-refractivity contribution is 0.0845. The van der Waals surface area contributed by atoms with E-state index in [-0.39, 0.29) is 22.9 Å². The smallest absolute Gasteiger partial charge is 0.242 e. The molecular weight excluding hydrogens is 390 g/mol. The summed E-state index contributed by atoms with van der Waals surface area (Å²) in [6, 6.07) is 12.6. The van der Waals surface area contributed by atoms with Crippen molar-refractivity contribution in [2.24, 2.45) is 0 Å². The number of hydrogen-bond acceptors (Lipinski definition) is 6. The summed E-state index contributed by atoms with van der Waals surface area (Å²) >= 11 is 0. The Bertz CT molecular complexity index is 1130. The van der Waals surface area contributed by atoms with Gasteiger partial charge in [0.05, 0.1) is 11.4 Å². The Morgan fingerprint density at radius 3 is 2.66 bits per heavy atom. The first kappa shape index (κ1) is 19.6. The maximum atomic E-state index is 12.7. The molecule has 2 heterocycles. The van der Waals surface area contributed by atoms with Crippen LogP contribution in [-0.2, 0) is 23.0 Å². The van der Waals surface area contributed by atoms with Gasteiger partial charge in [-0.3, -0.25) is 0 Å². The van der Waals surface area contributed by atoms with Crippen molar-refractivity contribution in [3.8, 4) is 17.1 Å².